The van der Waals surface area contributed by atoms with E-state index in [1.165, 1.54) is 6.42 Å². The smallest absolute Gasteiger partial charge is 0.0946 e. The predicted molar refractivity (Wildman–Crippen MR) is 86.0 cm³/mol. The second-order valence-corrected chi connectivity index (χ2v) is 8.01. The zero-order valence-electron chi connectivity index (χ0n) is 12.5. The summed E-state index contributed by atoms with van der Waals surface area (Å²) in [6.07, 6.45) is 8.67. The third-order valence-corrected chi connectivity index (χ3v) is 5.98. The van der Waals surface area contributed by atoms with Crippen molar-refractivity contribution in [2.75, 3.05) is 0 Å². The van der Waals surface area contributed by atoms with Gasteiger partial charge in [0.25, 0.3) is 0 Å². The molecule has 0 saturated heterocycles. The minimum Gasteiger partial charge on any atom is -0.193 e. The van der Waals surface area contributed by atoms with Gasteiger partial charge in [-0.15, -0.1) is 23.2 Å². The van der Waals surface area contributed by atoms with Crippen LogP contribution in [0, 0.1) is 35.0 Å². The van der Waals surface area contributed by atoms with Crippen LogP contribution in [0.1, 0.15) is 52.4 Å². The molecule has 0 aromatic carbocycles. The SMILES string of the molecule is CC1CC(C)C(/C=C(\C#N)C2CCC(Cl)CC2)C(Cl)C1. The number of halogens is 2. The number of alkyl halides is 2. The Kier molecular flexibility index (Phi) is 5.82. The van der Waals surface area contributed by atoms with E-state index in [1.54, 1.807) is 0 Å². The van der Waals surface area contributed by atoms with E-state index >= 15 is 0 Å². The summed E-state index contributed by atoms with van der Waals surface area (Å²) in [4.78, 5) is 0. The Morgan fingerprint density at radius 3 is 2.30 bits per heavy atom. The summed E-state index contributed by atoms with van der Waals surface area (Å²) in [5.41, 5.74) is 0.964. The molecule has 2 aliphatic carbocycles. The van der Waals surface area contributed by atoms with E-state index in [0.717, 1.165) is 37.7 Å². The maximum absolute atomic E-state index is 9.50. The van der Waals surface area contributed by atoms with E-state index in [0.29, 0.717) is 29.0 Å². The molecule has 112 valence electrons. The van der Waals surface area contributed by atoms with Crippen LogP contribution in [0.4, 0.5) is 0 Å². The normalized spacial score (nSPS) is 43.0. The van der Waals surface area contributed by atoms with Crippen molar-refractivity contribution in [1.82, 2.24) is 0 Å². The molecule has 3 heteroatoms. The van der Waals surface area contributed by atoms with Gasteiger partial charge in [-0.1, -0.05) is 19.9 Å². The van der Waals surface area contributed by atoms with E-state index in [2.05, 4.69) is 26.0 Å². The Morgan fingerprint density at radius 2 is 1.75 bits per heavy atom. The zero-order valence-corrected chi connectivity index (χ0v) is 14.0. The summed E-state index contributed by atoms with van der Waals surface area (Å²) in [5.74, 6) is 2.05. The fraction of sp³-hybridized carbons (Fsp3) is 0.824. The van der Waals surface area contributed by atoms with E-state index in [1.807, 2.05) is 0 Å². The second kappa shape index (κ2) is 7.19. The highest BCUT2D eigenvalue weighted by Crippen LogP contribution is 2.40. The van der Waals surface area contributed by atoms with Gasteiger partial charge in [-0.2, -0.15) is 5.26 Å². The van der Waals surface area contributed by atoms with Gasteiger partial charge in [-0.05, 0) is 62.2 Å². The van der Waals surface area contributed by atoms with Crippen LogP contribution in [-0.4, -0.2) is 10.8 Å². The lowest BCUT2D eigenvalue weighted by Crippen LogP contribution is -2.30. The quantitative estimate of drug-likeness (QED) is 0.486. The number of nitriles is 1. The first-order valence-corrected chi connectivity index (χ1v) is 8.78. The zero-order chi connectivity index (χ0) is 14.7. The van der Waals surface area contributed by atoms with Crippen molar-refractivity contribution in [1.29, 1.82) is 5.26 Å². The monoisotopic (exact) mass is 313 g/mol. The highest BCUT2D eigenvalue weighted by Gasteiger charge is 2.32. The molecule has 2 aliphatic rings. The molecule has 0 radical (unpaired) electrons. The van der Waals surface area contributed by atoms with Crippen LogP contribution in [0.25, 0.3) is 0 Å². The van der Waals surface area contributed by atoms with Gasteiger partial charge in [0.05, 0.1) is 6.07 Å². The fourth-order valence-corrected chi connectivity index (χ4v) is 4.77. The Morgan fingerprint density at radius 1 is 1.10 bits per heavy atom. The number of nitrogens with zero attached hydrogens (tertiary/aromatic N) is 1. The van der Waals surface area contributed by atoms with Crippen molar-refractivity contribution >= 4 is 23.2 Å². The standard InChI is InChI=1S/C17H25Cl2N/c1-11-7-12(2)16(17(19)8-11)9-14(10-20)13-3-5-15(18)6-4-13/h9,11-13,15-17H,3-8H2,1-2H3/b14-9+. The van der Waals surface area contributed by atoms with Gasteiger partial charge in [-0.3, -0.25) is 0 Å². The summed E-state index contributed by atoms with van der Waals surface area (Å²) >= 11 is 12.7. The molecule has 0 aromatic heterocycles. The molecule has 0 spiro atoms. The average molecular weight is 314 g/mol. The lowest BCUT2D eigenvalue weighted by Gasteiger charge is -2.35. The highest BCUT2D eigenvalue weighted by molar-refractivity contribution is 6.21. The third kappa shape index (κ3) is 3.92. The van der Waals surface area contributed by atoms with Crippen LogP contribution in [0.2, 0.25) is 0 Å². The van der Waals surface area contributed by atoms with E-state index in [4.69, 9.17) is 23.2 Å². The molecule has 0 aromatic rings. The van der Waals surface area contributed by atoms with Gasteiger partial charge >= 0.3 is 0 Å². The molecule has 0 heterocycles. The molecule has 2 fully saturated rings. The summed E-state index contributed by atoms with van der Waals surface area (Å²) in [6.45, 7) is 4.55. The van der Waals surface area contributed by atoms with Crippen molar-refractivity contribution < 1.29 is 0 Å². The van der Waals surface area contributed by atoms with Crippen LogP contribution < -0.4 is 0 Å². The van der Waals surface area contributed by atoms with Gasteiger partial charge in [0.1, 0.15) is 0 Å². The van der Waals surface area contributed by atoms with Crippen LogP contribution >= 0.6 is 23.2 Å². The Labute approximate surface area is 133 Å². The van der Waals surface area contributed by atoms with E-state index < -0.39 is 0 Å². The number of hydrogen-bond acceptors (Lipinski definition) is 1. The first-order valence-electron chi connectivity index (χ1n) is 7.91. The molecule has 1 nitrogen and oxygen atoms in total. The van der Waals surface area contributed by atoms with Gasteiger partial charge in [0.15, 0.2) is 0 Å². The van der Waals surface area contributed by atoms with Crippen molar-refractivity contribution in [3.8, 4) is 6.07 Å². The minimum absolute atomic E-state index is 0.182. The van der Waals surface area contributed by atoms with E-state index in [-0.39, 0.29) is 5.38 Å². The summed E-state index contributed by atoms with van der Waals surface area (Å²) in [6, 6.07) is 2.45. The van der Waals surface area contributed by atoms with Crippen molar-refractivity contribution in [3.05, 3.63) is 11.6 Å². The minimum atomic E-state index is 0.182. The summed E-state index contributed by atoms with van der Waals surface area (Å²) in [7, 11) is 0. The third-order valence-electron chi connectivity index (χ3n) is 5.07. The van der Waals surface area contributed by atoms with Crippen LogP contribution in [0.15, 0.2) is 11.6 Å². The van der Waals surface area contributed by atoms with Gasteiger partial charge < -0.3 is 0 Å². The lowest BCUT2D eigenvalue weighted by atomic mass is 9.73. The molecule has 2 rings (SSSR count). The molecule has 4 atom stereocenters. The first-order chi connectivity index (χ1) is 9.51. The van der Waals surface area contributed by atoms with Crippen LogP contribution in [0.5, 0.6) is 0 Å². The summed E-state index contributed by atoms with van der Waals surface area (Å²) < 4.78 is 0. The molecule has 0 aliphatic heterocycles. The Bertz CT molecular complexity index is 378. The van der Waals surface area contributed by atoms with Gasteiger partial charge in [0.2, 0.25) is 0 Å². The average Bonchev–Trinajstić information content (AvgIpc) is 2.39. The molecule has 0 N–H and O–H groups in total. The molecule has 20 heavy (non-hydrogen) atoms. The molecule has 0 bridgehead atoms. The topological polar surface area (TPSA) is 23.8 Å². The molecular weight excluding hydrogens is 289 g/mol. The highest BCUT2D eigenvalue weighted by atomic mass is 35.5. The fourth-order valence-electron chi connectivity index (χ4n) is 3.89. The van der Waals surface area contributed by atoms with Gasteiger partial charge in [0, 0.05) is 16.3 Å². The van der Waals surface area contributed by atoms with E-state index in [9.17, 15) is 5.26 Å². The lowest BCUT2D eigenvalue weighted by molar-refractivity contribution is 0.246. The Balaban J connectivity index is 2.08. The largest absolute Gasteiger partial charge is 0.193 e. The van der Waals surface area contributed by atoms with Crippen molar-refractivity contribution in [3.63, 3.8) is 0 Å². The molecule has 0 amide bonds. The van der Waals surface area contributed by atoms with Crippen molar-refractivity contribution in [2.45, 2.75) is 63.1 Å². The molecule has 4 unspecified atom stereocenters. The molecule has 2 saturated carbocycles. The maximum Gasteiger partial charge on any atom is 0.0946 e. The van der Waals surface area contributed by atoms with Gasteiger partial charge in [-0.25, -0.2) is 0 Å². The van der Waals surface area contributed by atoms with Crippen LogP contribution in [0.3, 0.4) is 0 Å². The Hall–Kier alpha value is -0.190. The number of allylic oxidation sites excluding steroid dienone is 2. The first kappa shape index (κ1) is 16.2. The van der Waals surface area contributed by atoms with Crippen LogP contribution in [-0.2, 0) is 0 Å². The summed E-state index contributed by atoms with van der Waals surface area (Å²) in [5, 5.41) is 9.99. The number of hydrogen-bond donors (Lipinski definition) is 0. The molecular formula is C17H25Cl2N. The maximum atomic E-state index is 9.50. The second-order valence-electron chi connectivity index (χ2n) is 6.83. The van der Waals surface area contributed by atoms with Crippen molar-refractivity contribution in [2.24, 2.45) is 23.7 Å². The predicted octanol–water partition coefficient (Wildman–Crippen LogP) is 5.52. The number of rotatable bonds is 2.